The van der Waals surface area contributed by atoms with Crippen molar-refractivity contribution in [2.75, 3.05) is 19.0 Å². The summed E-state index contributed by atoms with van der Waals surface area (Å²) in [7, 11) is 4.09. The van der Waals surface area contributed by atoms with Gasteiger partial charge in [0.1, 0.15) is 18.2 Å². The van der Waals surface area contributed by atoms with E-state index in [-0.39, 0.29) is 10.8 Å². The number of carbonyl (C=O) groups is 2. The summed E-state index contributed by atoms with van der Waals surface area (Å²) in [5, 5.41) is 1.38. The molecule has 266 valence electrons. The van der Waals surface area contributed by atoms with E-state index in [1.54, 1.807) is 41.5 Å². The first-order valence-corrected chi connectivity index (χ1v) is 17.8. The number of allylic oxidation sites excluding steroid dienone is 7. The Kier molecular flexibility index (Phi) is 9.78. The fraction of sp³-hybridized carbons (Fsp3) is 0.439. The predicted octanol–water partition coefficient (Wildman–Crippen LogP) is 11.0. The van der Waals surface area contributed by atoms with Gasteiger partial charge >= 0.3 is 12.2 Å². The molecule has 9 heteroatoms. The average Bonchev–Trinajstić information content (AvgIpc) is 3.50. The maximum Gasteiger partial charge on any atom is 0.424 e. The maximum atomic E-state index is 14.0. The Balaban J connectivity index is 1.67. The molecule has 0 radical (unpaired) electrons. The van der Waals surface area contributed by atoms with Gasteiger partial charge in [-0.1, -0.05) is 49.2 Å². The van der Waals surface area contributed by atoms with E-state index in [4.69, 9.17) is 32.7 Å². The molecule has 2 heterocycles. The highest BCUT2D eigenvalue weighted by molar-refractivity contribution is 6.31. The second-order valence-corrected chi connectivity index (χ2v) is 17.2. The molecule has 5 rings (SSSR count). The summed E-state index contributed by atoms with van der Waals surface area (Å²) >= 11 is 12.8. The van der Waals surface area contributed by atoms with E-state index >= 15 is 0 Å². The van der Waals surface area contributed by atoms with Crippen molar-refractivity contribution in [1.82, 2.24) is 4.90 Å². The van der Waals surface area contributed by atoms with Crippen molar-refractivity contribution < 1.29 is 23.6 Å². The third kappa shape index (κ3) is 7.17. The van der Waals surface area contributed by atoms with Crippen molar-refractivity contribution in [3.8, 4) is 0 Å². The quantitative estimate of drug-likeness (QED) is 0.295. The minimum absolute atomic E-state index is 0.333. The molecule has 3 aliphatic rings. The van der Waals surface area contributed by atoms with Gasteiger partial charge in [0.15, 0.2) is 5.71 Å². The Morgan fingerprint density at radius 3 is 1.96 bits per heavy atom. The molecule has 7 nitrogen and oxygen atoms in total. The summed E-state index contributed by atoms with van der Waals surface area (Å²) in [4.78, 5) is 31.3. The highest BCUT2D eigenvalue weighted by Crippen LogP contribution is 2.48. The van der Waals surface area contributed by atoms with Crippen LogP contribution in [0.3, 0.4) is 0 Å². The molecule has 0 N–H and O–H groups in total. The standard InChI is InChI=1S/C41H50Cl2N3O4/c1-38(2,3)49-36(47)46(37(48)50-39(4,5)6)35-25(15-21-33-40(7,8)29-23-27(42)17-19-31(29)44(33)11)13-14-26(35)16-22-34-41(9,10)30-24-28(43)18-20-32(30)45(34)12/h15-24H,13-14H2,1-12H3/q+1. The van der Waals surface area contributed by atoms with Crippen LogP contribution in [0.15, 0.2) is 83.2 Å². The molecular weight excluding hydrogens is 669 g/mol. The molecule has 0 aromatic heterocycles. The molecule has 1 aliphatic carbocycles. The zero-order chi connectivity index (χ0) is 37.1. The molecule has 2 aromatic rings. The van der Waals surface area contributed by atoms with Gasteiger partial charge in [0.25, 0.3) is 0 Å². The lowest BCUT2D eigenvalue weighted by Crippen LogP contribution is -2.43. The smallest absolute Gasteiger partial charge is 0.424 e. The van der Waals surface area contributed by atoms with Gasteiger partial charge in [-0.15, -0.1) is 0 Å². The molecule has 0 fully saturated rings. The van der Waals surface area contributed by atoms with E-state index in [2.05, 4.69) is 49.3 Å². The number of likely N-dealkylation sites (N-methyl/N-ethyl adjacent to an activating group) is 1. The minimum atomic E-state index is -0.846. The Morgan fingerprint density at radius 1 is 0.820 bits per heavy atom. The van der Waals surface area contributed by atoms with Crippen LogP contribution in [0.1, 0.15) is 93.2 Å². The van der Waals surface area contributed by atoms with E-state index in [1.807, 2.05) is 62.6 Å². The van der Waals surface area contributed by atoms with E-state index in [0.29, 0.717) is 28.6 Å². The zero-order valence-electron chi connectivity index (χ0n) is 31.4. The maximum absolute atomic E-state index is 14.0. The molecule has 0 saturated carbocycles. The molecule has 2 amide bonds. The number of ether oxygens (including phenoxy) is 2. The lowest BCUT2D eigenvalue weighted by molar-refractivity contribution is -0.401. The third-order valence-corrected chi connectivity index (χ3v) is 9.99. The molecule has 0 saturated heterocycles. The van der Waals surface area contributed by atoms with Crippen LogP contribution in [0, 0.1) is 0 Å². The van der Waals surface area contributed by atoms with Crippen LogP contribution in [0.5, 0.6) is 0 Å². The van der Waals surface area contributed by atoms with Crippen LogP contribution >= 0.6 is 23.2 Å². The van der Waals surface area contributed by atoms with Crippen molar-refractivity contribution >= 4 is 52.5 Å². The van der Waals surface area contributed by atoms with Gasteiger partial charge in [-0.3, -0.25) is 0 Å². The Hall–Kier alpha value is -3.81. The second-order valence-electron chi connectivity index (χ2n) is 16.3. The summed E-state index contributed by atoms with van der Waals surface area (Å²) < 4.78 is 13.9. The van der Waals surface area contributed by atoms with Crippen LogP contribution < -0.4 is 4.90 Å². The Labute approximate surface area is 307 Å². The molecule has 0 bridgehead atoms. The van der Waals surface area contributed by atoms with Crippen LogP contribution in [-0.2, 0) is 20.3 Å². The molecule has 0 spiro atoms. The van der Waals surface area contributed by atoms with E-state index in [9.17, 15) is 9.59 Å². The topological polar surface area (TPSA) is 62.1 Å². The van der Waals surface area contributed by atoms with E-state index in [1.165, 1.54) is 0 Å². The largest absolute Gasteiger partial charge is 0.443 e. The highest BCUT2D eigenvalue weighted by atomic mass is 35.5. The fourth-order valence-corrected chi connectivity index (χ4v) is 7.52. The first-order chi connectivity index (χ1) is 23.0. The number of imide groups is 1. The number of carbonyl (C=O) groups excluding carboxylic acids is 2. The van der Waals surface area contributed by atoms with Gasteiger partial charge in [0.2, 0.25) is 5.69 Å². The van der Waals surface area contributed by atoms with Gasteiger partial charge in [-0.2, -0.15) is 9.48 Å². The summed E-state index contributed by atoms with van der Waals surface area (Å²) in [5.74, 6) is 0. The fourth-order valence-electron chi connectivity index (χ4n) is 7.17. The summed E-state index contributed by atoms with van der Waals surface area (Å²) in [5.41, 5.74) is 6.33. The average molecular weight is 720 g/mol. The third-order valence-electron chi connectivity index (χ3n) is 9.52. The van der Waals surface area contributed by atoms with Gasteiger partial charge in [-0.25, -0.2) is 9.59 Å². The highest BCUT2D eigenvalue weighted by Gasteiger charge is 2.44. The number of hydrogen-bond donors (Lipinski definition) is 0. The first kappa shape index (κ1) is 37.4. The second kappa shape index (κ2) is 13.1. The van der Waals surface area contributed by atoms with Crippen LogP contribution in [0.2, 0.25) is 10.0 Å². The number of fused-ring (bicyclic) bond motifs is 2. The molecule has 50 heavy (non-hydrogen) atoms. The zero-order valence-corrected chi connectivity index (χ0v) is 32.9. The number of amides is 2. The van der Waals surface area contributed by atoms with Crippen LogP contribution in [0.25, 0.3) is 0 Å². The lowest BCUT2D eigenvalue weighted by atomic mass is 9.81. The minimum Gasteiger partial charge on any atom is -0.443 e. The van der Waals surface area contributed by atoms with E-state index < -0.39 is 23.4 Å². The van der Waals surface area contributed by atoms with Gasteiger partial charge in [0.05, 0.1) is 11.1 Å². The van der Waals surface area contributed by atoms with Crippen LogP contribution in [-0.4, -0.2) is 52.7 Å². The number of nitrogens with zero attached hydrogens (tertiary/aromatic N) is 3. The number of halogens is 2. The van der Waals surface area contributed by atoms with Crippen molar-refractivity contribution in [3.05, 3.63) is 104 Å². The Morgan fingerprint density at radius 2 is 1.38 bits per heavy atom. The molecular formula is C41H50Cl2N3O4+. The van der Waals surface area contributed by atoms with Gasteiger partial charge < -0.3 is 14.4 Å². The monoisotopic (exact) mass is 718 g/mol. The lowest BCUT2D eigenvalue weighted by Gasteiger charge is -2.30. The number of hydrogen-bond acceptors (Lipinski definition) is 5. The number of anilines is 1. The summed E-state index contributed by atoms with van der Waals surface area (Å²) in [6, 6.07) is 11.9. The molecule has 2 aromatic carbocycles. The van der Waals surface area contributed by atoms with Gasteiger partial charge in [0, 0.05) is 51.6 Å². The van der Waals surface area contributed by atoms with Crippen molar-refractivity contribution in [1.29, 1.82) is 0 Å². The molecule has 0 atom stereocenters. The predicted molar refractivity (Wildman–Crippen MR) is 204 cm³/mol. The number of rotatable bonds is 4. The van der Waals surface area contributed by atoms with Crippen molar-refractivity contribution in [3.63, 3.8) is 0 Å². The number of benzene rings is 2. The van der Waals surface area contributed by atoms with E-state index in [0.717, 1.165) is 50.0 Å². The summed E-state index contributed by atoms with van der Waals surface area (Å²) in [6.07, 6.45) is 7.85. The molecule has 0 unspecified atom stereocenters. The Bertz CT molecular complexity index is 1890. The SMILES string of the molecule is CN1/C(=C/C=C2\CCC(/C=C/C3=[N+](C)c4ccc(Cl)cc4C3(C)C)=C2N(C(=O)OC(C)(C)C)C(=O)OC(C)(C)C)C(C)(C)c2cc(Cl)ccc21. The first-order valence-electron chi connectivity index (χ1n) is 17.1. The summed E-state index contributed by atoms with van der Waals surface area (Å²) in [6.45, 7) is 19.4. The van der Waals surface area contributed by atoms with Crippen molar-refractivity contribution in [2.24, 2.45) is 0 Å². The van der Waals surface area contributed by atoms with Crippen LogP contribution in [0.4, 0.5) is 21.0 Å². The van der Waals surface area contributed by atoms with Gasteiger partial charge in [-0.05, 0) is 121 Å². The molecule has 2 aliphatic heterocycles. The normalized spacial score (nSPS) is 19.9. The van der Waals surface area contributed by atoms with Crippen molar-refractivity contribution in [2.45, 2.75) is 104 Å².